The van der Waals surface area contributed by atoms with E-state index in [1.807, 2.05) is 49.4 Å². The van der Waals surface area contributed by atoms with E-state index < -0.39 is 0 Å². The van der Waals surface area contributed by atoms with Gasteiger partial charge in [-0.05, 0) is 31.2 Å². The van der Waals surface area contributed by atoms with E-state index in [9.17, 15) is 9.59 Å². The fourth-order valence-corrected chi connectivity index (χ4v) is 2.64. The summed E-state index contributed by atoms with van der Waals surface area (Å²) in [6.45, 7) is 2.95. The predicted octanol–water partition coefficient (Wildman–Crippen LogP) is 3.14. The summed E-state index contributed by atoms with van der Waals surface area (Å²) in [4.78, 5) is 25.6. The first-order valence-corrected chi connectivity index (χ1v) is 8.01. The molecule has 1 saturated heterocycles. The van der Waals surface area contributed by atoms with E-state index >= 15 is 0 Å². The molecule has 1 aliphatic rings. The molecule has 2 aromatic rings. The molecule has 0 aliphatic carbocycles. The van der Waals surface area contributed by atoms with E-state index in [0.29, 0.717) is 25.1 Å². The van der Waals surface area contributed by atoms with Crippen molar-refractivity contribution in [1.82, 2.24) is 5.32 Å². The Bertz CT molecular complexity index is 713. The van der Waals surface area contributed by atoms with Gasteiger partial charge in [0.25, 0.3) is 5.91 Å². The fourth-order valence-electron chi connectivity index (χ4n) is 2.64. The quantitative estimate of drug-likeness (QED) is 0.919. The molecule has 1 heterocycles. The second kappa shape index (κ2) is 7.17. The van der Waals surface area contributed by atoms with Gasteiger partial charge in [-0.2, -0.15) is 0 Å². The van der Waals surface area contributed by atoms with Crippen molar-refractivity contribution in [2.75, 3.05) is 18.0 Å². The number of anilines is 1. The normalized spacial score (nSPS) is 16.8. The van der Waals surface area contributed by atoms with Crippen LogP contribution in [0.2, 0.25) is 0 Å². The van der Waals surface area contributed by atoms with E-state index in [2.05, 4.69) is 5.32 Å². The molecular weight excluding hydrogens is 304 g/mol. The molecule has 0 spiro atoms. The zero-order chi connectivity index (χ0) is 16.9. The van der Waals surface area contributed by atoms with Crippen LogP contribution in [-0.2, 0) is 4.74 Å². The van der Waals surface area contributed by atoms with Crippen LogP contribution in [0, 0.1) is 6.92 Å². The first-order chi connectivity index (χ1) is 11.6. The highest BCUT2D eigenvalue weighted by molar-refractivity contribution is 5.94. The summed E-state index contributed by atoms with van der Waals surface area (Å²) in [6.07, 6.45) is 0.0410. The van der Waals surface area contributed by atoms with Crippen molar-refractivity contribution in [2.24, 2.45) is 0 Å². The molecule has 5 nitrogen and oxygen atoms in total. The van der Waals surface area contributed by atoms with Crippen LogP contribution in [0.5, 0.6) is 0 Å². The number of ether oxygens (including phenoxy) is 1. The van der Waals surface area contributed by atoms with Crippen molar-refractivity contribution >= 4 is 17.7 Å². The third-order valence-electron chi connectivity index (χ3n) is 4.01. The lowest BCUT2D eigenvalue weighted by Crippen LogP contribution is -2.29. The van der Waals surface area contributed by atoms with Crippen LogP contribution in [0.3, 0.4) is 0 Å². The van der Waals surface area contributed by atoms with Crippen LogP contribution >= 0.6 is 0 Å². The highest BCUT2D eigenvalue weighted by atomic mass is 16.6. The van der Waals surface area contributed by atoms with Crippen LogP contribution in [0.1, 0.15) is 22.3 Å². The second-order valence-corrected chi connectivity index (χ2v) is 5.86. The molecule has 0 radical (unpaired) electrons. The van der Waals surface area contributed by atoms with Gasteiger partial charge in [0.1, 0.15) is 6.10 Å². The Morgan fingerprint density at radius 3 is 2.58 bits per heavy atom. The van der Waals surface area contributed by atoms with Gasteiger partial charge in [0.05, 0.1) is 6.54 Å². The average molecular weight is 324 g/mol. The second-order valence-electron chi connectivity index (χ2n) is 5.86. The van der Waals surface area contributed by atoms with Crippen LogP contribution < -0.4 is 10.2 Å². The van der Waals surface area contributed by atoms with Crippen LogP contribution in [0.25, 0.3) is 0 Å². The van der Waals surface area contributed by atoms with Gasteiger partial charge in [-0.3, -0.25) is 9.69 Å². The van der Waals surface area contributed by atoms with Gasteiger partial charge >= 0.3 is 6.09 Å². The van der Waals surface area contributed by atoms with Crippen LogP contribution in [0.15, 0.2) is 54.6 Å². The number of cyclic esters (lactones) is 1. The van der Waals surface area contributed by atoms with Gasteiger partial charge in [-0.15, -0.1) is 0 Å². The third kappa shape index (κ3) is 3.74. The first kappa shape index (κ1) is 16.1. The maximum Gasteiger partial charge on any atom is 0.414 e. The Kier molecular flexibility index (Phi) is 4.79. The number of rotatable bonds is 5. The summed E-state index contributed by atoms with van der Waals surface area (Å²) >= 11 is 0. The summed E-state index contributed by atoms with van der Waals surface area (Å²) < 4.78 is 5.37. The van der Waals surface area contributed by atoms with E-state index in [0.717, 1.165) is 11.3 Å². The SMILES string of the molecule is Cc1ccc(C(=O)NCCC2CN(c3ccccc3)C(=O)O2)cc1. The summed E-state index contributed by atoms with van der Waals surface area (Å²) in [6, 6.07) is 16.9. The number of para-hydroxylation sites is 1. The Morgan fingerprint density at radius 2 is 1.88 bits per heavy atom. The number of nitrogens with zero attached hydrogens (tertiary/aromatic N) is 1. The zero-order valence-corrected chi connectivity index (χ0v) is 13.6. The van der Waals surface area contributed by atoms with Crippen molar-refractivity contribution in [3.05, 3.63) is 65.7 Å². The number of benzene rings is 2. The number of amides is 2. The molecule has 1 atom stereocenters. The molecule has 24 heavy (non-hydrogen) atoms. The number of hydrogen-bond donors (Lipinski definition) is 1. The number of carbonyl (C=O) groups excluding carboxylic acids is 2. The molecule has 124 valence electrons. The molecule has 5 heteroatoms. The average Bonchev–Trinajstić information content (AvgIpc) is 2.97. The fraction of sp³-hybridized carbons (Fsp3) is 0.263. The van der Waals surface area contributed by atoms with Crippen molar-refractivity contribution in [3.8, 4) is 0 Å². The summed E-state index contributed by atoms with van der Waals surface area (Å²) in [5.74, 6) is -0.112. The molecule has 0 aromatic heterocycles. The first-order valence-electron chi connectivity index (χ1n) is 8.01. The Balaban J connectivity index is 1.48. The molecule has 1 unspecified atom stereocenters. The smallest absolute Gasteiger partial charge is 0.414 e. The molecule has 2 amide bonds. The molecule has 0 saturated carbocycles. The topological polar surface area (TPSA) is 58.6 Å². The number of hydrogen-bond acceptors (Lipinski definition) is 3. The predicted molar refractivity (Wildman–Crippen MR) is 92.2 cm³/mol. The molecule has 1 N–H and O–H groups in total. The maximum atomic E-state index is 12.1. The molecule has 1 fully saturated rings. The van der Waals surface area contributed by atoms with Crippen molar-refractivity contribution in [1.29, 1.82) is 0 Å². The highest BCUT2D eigenvalue weighted by Gasteiger charge is 2.31. The zero-order valence-electron chi connectivity index (χ0n) is 13.6. The van der Waals surface area contributed by atoms with E-state index in [1.165, 1.54) is 0 Å². The van der Waals surface area contributed by atoms with Gasteiger partial charge in [-0.25, -0.2) is 4.79 Å². The van der Waals surface area contributed by atoms with Gasteiger partial charge < -0.3 is 10.1 Å². The minimum absolute atomic E-state index is 0.112. The van der Waals surface area contributed by atoms with Crippen molar-refractivity contribution in [2.45, 2.75) is 19.4 Å². The molecule has 2 aromatic carbocycles. The largest absolute Gasteiger partial charge is 0.444 e. The van der Waals surface area contributed by atoms with Gasteiger partial charge in [0, 0.05) is 24.2 Å². The van der Waals surface area contributed by atoms with Gasteiger partial charge in [0.2, 0.25) is 0 Å². The minimum Gasteiger partial charge on any atom is -0.444 e. The van der Waals surface area contributed by atoms with Crippen LogP contribution in [0.4, 0.5) is 10.5 Å². The van der Waals surface area contributed by atoms with Gasteiger partial charge in [0.15, 0.2) is 0 Å². The number of carbonyl (C=O) groups is 2. The minimum atomic E-state index is -0.337. The van der Waals surface area contributed by atoms with Gasteiger partial charge in [-0.1, -0.05) is 35.9 Å². The molecule has 0 bridgehead atoms. The lowest BCUT2D eigenvalue weighted by atomic mass is 10.1. The van der Waals surface area contributed by atoms with Crippen molar-refractivity contribution < 1.29 is 14.3 Å². The van der Waals surface area contributed by atoms with Crippen LogP contribution in [-0.4, -0.2) is 31.2 Å². The van der Waals surface area contributed by atoms with E-state index in [-0.39, 0.29) is 18.1 Å². The van der Waals surface area contributed by atoms with E-state index in [4.69, 9.17) is 4.74 Å². The lowest BCUT2D eigenvalue weighted by molar-refractivity contribution is 0.0944. The third-order valence-corrected chi connectivity index (χ3v) is 4.01. The number of aryl methyl sites for hydroxylation is 1. The summed E-state index contributed by atoms with van der Waals surface area (Å²) in [7, 11) is 0. The molecule has 1 aliphatic heterocycles. The number of nitrogens with one attached hydrogen (secondary N) is 1. The molecular formula is C19H20N2O3. The highest BCUT2D eigenvalue weighted by Crippen LogP contribution is 2.22. The van der Waals surface area contributed by atoms with Crippen molar-refractivity contribution in [3.63, 3.8) is 0 Å². The lowest BCUT2D eigenvalue weighted by Gasteiger charge is -2.12. The summed E-state index contributed by atoms with van der Waals surface area (Å²) in [5.41, 5.74) is 2.58. The standard InChI is InChI=1S/C19H20N2O3/c1-14-7-9-15(10-8-14)18(22)20-12-11-17-13-21(19(23)24-17)16-5-3-2-4-6-16/h2-10,17H,11-13H2,1H3,(H,20,22). The Hall–Kier alpha value is -2.82. The molecule has 3 rings (SSSR count). The Labute approximate surface area is 141 Å². The summed E-state index contributed by atoms with van der Waals surface area (Å²) in [5, 5.41) is 2.87. The maximum absolute atomic E-state index is 12.1. The van der Waals surface area contributed by atoms with E-state index in [1.54, 1.807) is 17.0 Å². The monoisotopic (exact) mass is 324 g/mol. The Morgan fingerprint density at radius 1 is 1.17 bits per heavy atom.